The minimum atomic E-state index is -4.62. The third-order valence-electron chi connectivity index (χ3n) is 2.31. The maximum Gasteiger partial charge on any atom is 0.416 e. The van der Waals surface area contributed by atoms with E-state index >= 15 is 0 Å². The predicted octanol–water partition coefficient (Wildman–Crippen LogP) is 3.74. The Morgan fingerprint density at radius 3 is 2.65 bits per heavy atom. The molecule has 0 saturated carbocycles. The summed E-state index contributed by atoms with van der Waals surface area (Å²) in [5.74, 6) is -2.29. The Bertz CT molecular complexity index is 654. The van der Waals surface area contributed by atoms with E-state index in [1.54, 1.807) is 0 Å². The standard InChI is InChI=1S/C11H6F4N2O2S/c12-6-2-1-5(11(13,14)15)3-7(6)17-9-8(10(18)19)16-4-20-9/h1-4,17H,(H,18,19). The first kappa shape index (κ1) is 14.3. The van der Waals surface area contributed by atoms with Crippen molar-refractivity contribution in [2.75, 3.05) is 5.32 Å². The maximum atomic E-state index is 13.5. The van der Waals surface area contributed by atoms with E-state index in [-0.39, 0.29) is 10.7 Å². The van der Waals surface area contributed by atoms with Crippen molar-refractivity contribution in [1.29, 1.82) is 0 Å². The summed E-state index contributed by atoms with van der Waals surface area (Å²) >= 11 is 0.844. The fraction of sp³-hybridized carbons (Fsp3) is 0.0909. The minimum Gasteiger partial charge on any atom is -0.476 e. The Morgan fingerprint density at radius 2 is 2.05 bits per heavy atom. The van der Waals surface area contributed by atoms with Gasteiger partial charge in [0.25, 0.3) is 0 Å². The van der Waals surface area contributed by atoms with E-state index in [9.17, 15) is 22.4 Å². The number of hydrogen-bond acceptors (Lipinski definition) is 4. The van der Waals surface area contributed by atoms with Crippen molar-refractivity contribution in [2.45, 2.75) is 6.18 Å². The number of alkyl halides is 3. The van der Waals surface area contributed by atoms with Crippen molar-refractivity contribution in [3.05, 3.63) is 40.8 Å². The second-order valence-electron chi connectivity index (χ2n) is 3.65. The number of nitrogens with one attached hydrogen (secondary N) is 1. The lowest BCUT2D eigenvalue weighted by Crippen LogP contribution is -2.07. The van der Waals surface area contributed by atoms with Gasteiger partial charge in [-0.3, -0.25) is 0 Å². The molecule has 0 aliphatic carbocycles. The van der Waals surface area contributed by atoms with Gasteiger partial charge in [-0.25, -0.2) is 14.2 Å². The normalized spacial score (nSPS) is 11.4. The molecular weight excluding hydrogens is 300 g/mol. The molecule has 0 spiro atoms. The summed E-state index contributed by atoms with van der Waals surface area (Å²) in [5.41, 5.74) is -0.696. The number of carboxylic acid groups (broad SMARTS) is 1. The molecule has 0 bridgehead atoms. The molecule has 1 aromatic carbocycles. The molecule has 1 aromatic heterocycles. The smallest absolute Gasteiger partial charge is 0.416 e. The molecule has 2 rings (SSSR count). The van der Waals surface area contributed by atoms with E-state index in [1.165, 1.54) is 5.51 Å². The molecule has 106 valence electrons. The summed E-state index contributed by atoms with van der Waals surface area (Å²) in [6.07, 6.45) is -4.62. The zero-order valence-corrected chi connectivity index (χ0v) is 10.3. The number of rotatable bonds is 3. The average molecular weight is 306 g/mol. The summed E-state index contributed by atoms with van der Waals surface area (Å²) in [6, 6.07) is 1.83. The van der Waals surface area contributed by atoms with E-state index < -0.39 is 29.2 Å². The molecule has 0 atom stereocenters. The van der Waals surface area contributed by atoms with Crippen LogP contribution in [0.4, 0.5) is 28.3 Å². The first-order valence-corrected chi connectivity index (χ1v) is 5.97. The highest BCUT2D eigenvalue weighted by Crippen LogP contribution is 2.33. The summed E-state index contributed by atoms with van der Waals surface area (Å²) in [6.45, 7) is 0. The third-order valence-corrected chi connectivity index (χ3v) is 3.05. The Balaban J connectivity index is 2.38. The van der Waals surface area contributed by atoms with E-state index in [1.807, 2.05) is 0 Å². The lowest BCUT2D eigenvalue weighted by molar-refractivity contribution is -0.137. The number of benzene rings is 1. The number of aromatic carboxylic acids is 1. The Kier molecular flexibility index (Phi) is 3.62. The van der Waals surface area contributed by atoms with Gasteiger partial charge in [0.05, 0.1) is 16.8 Å². The van der Waals surface area contributed by atoms with Crippen molar-refractivity contribution < 1.29 is 27.5 Å². The lowest BCUT2D eigenvalue weighted by atomic mass is 10.2. The molecule has 0 unspecified atom stereocenters. The van der Waals surface area contributed by atoms with Gasteiger partial charge in [-0.15, -0.1) is 11.3 Å². The maximum absolute atomic E-state index is 13.5. The van der Waals surface area contributed by atoms with Crippen LogP contribution in [0.25, 0.3) is 0 Å². The summed E-state index contributed by atoms with van der Waals surface area (Å²) < 4.78 is 51.1. The molecule has 0 amide bonds. The van der Waals surface area contributed by atoms with Crippen LogP contribution in [0.3, 0.4) is 0 Å². The number of thiazole rings is 1. The third kappa shape index (κ3) is 2.87. The molecule has 20 heavy (non-hydrogen) atoms. The SMILES string of the molecule is O=C(O)c1ncsc1Nc1cc(C(F)(F)F)ccc1F. The summed E-state index contributed by atoms with van der Waals surface area (Å²) in [5, 5.41) is 11.1. The summed E-state index contributed by atoms with van der Waals surface area (Å²) in [4.78, 5) is 14.3. The summed E-state index contributed by atoms with van der Waals surface area (Å²) in [7, 11) is 0. The van der Waals surface area contributed by atoms with Crippen molar-refractivity contribution in [1.82, 2.24) is 4.98 Å². The van der Waals surface area contributed by atoms with Crippen LogP contribution in [0.15, 0.2) is 23.7 Å². The molecule has 0 saturated heterocycles. The first-order valence-electron chi connectivity index (χ1n) is 5.09. The van der Waals surface area contributed by atoms with Crippen LogP contribution in [0.5, 0.6) is 0 Å². The van der Waals surface area contributed by atoms with Gasteiger partial charge < -0.3 is 10.4 Å². The van der Waals surface area contributed by atoms with Crippen molar-refractivity contribution in [2.24, 2.45) is 0 Å². The number of hydrogen-bond donors (Lipinski definition) is 2. The number of halogens is 4. The molecule has 4 nitrogen and oxygen atoms in total. The van der Waals surface area contributed by atoms with Gasteiger partial charge >= 0.3 is 12.1 Å². The average Bonchev–Trinajstić information content (AvgIpc) is 2.78. The van der Waals surface area contributed by atoms with Crippen LogP contribution in [0, 0.1) is 5.82 Å². The number of carboxylic acids is 1. The minimum absolute atomic E-state index is 0.0456. The zero-order valence-electron chi connectivity index (χ0n) is 9.53. The number of nitrogens with zero attached hydrogens (tertiary/aromatic N) is 1. The first-order chi connectivity index (χ1) is 9.29. The van der Waals surface area contributed by atoms with Gasteiger partial charge in [0.2, 0.25) is 0 Å². The largest absolute Gasteiger partial charge is 0.476 e. The van der Waals surface area contributed by atoms with Gasteiger partial charge in [-0.1, -0.05) is 0 Å². The van der Waals surface area contributed by atoms with Gasteiger partial charge in [0.15, 0.2) is 5.69 Å². The predicted molar refractivity (Wildman–Crippen MR) is 63.8 cm³/mol. The van der Waals surface area contributed by atoms with Crippen LogP contribution in [0.2, 0.25) is 0 Å². The van der Waals surface area contributed by atoms with Crippen LogP contribution in [0.1, 0.15) is 16.1 Å². The molecular formula is C11H6F4N2O2S. The van der Waals surface area contributed by atoms with E-state index in [2.05, 4.69) is 10.3 Å². The van der Waals surface area contributed by atoms with E-state index in [4.69, 9.17) is 5.11 Å². The molecule has 0 aliphatic rings. The Morgan fingerprint density at radius 1 is 1.35 bits per heavy atom. The number of aromatic nitrogens is 1. The second kappa shape index (κ2) is 5.08. The lowest BCUT2D eigenvalue weighted by Gasteiger charge is -2.10. The van der Waals surface area contributed by atoms with E-state index in [0.29, 0.717) is 18.2 Å². The fourth-order valence-electron chi connectivity index (χ4n) is 1.41. The quantitative estimate of drug-likeness (QED) is 0.848. The highest BCUT2D eigenvalue weighted by atomic mass is 32.1. The molecule has 2 aromatic rings. The van der Waals surface area contributed by atoms with Crippen molar-refractivity contribution in [3.63, 3.8) is 0 Å². The van der Waals surface area contributed by atoms with Gasteiger partial charge in [-0.2, -0.15) is 13.2 Å². The second-order valence-corrected chi connectivity index (χ2v) is 4.51. The topological polar surface area (TPSA) is 62.2 Å². The Labute approximate surface area is 113 Å². The highest BCUT2D eigenvalue weighted by molar-refractivity contribution is 7.14. The molecule has 1 heterocycles. The number of carbonyl (C=O) groups is 1. The van der Waals surface area contributed by atoms with Crippen molar-refractivity contribution in [3.8, 4) is 0 Å². The Hall–Kier alpha value is -2.16. The van der Waals surface area contributed by atoms with Crippen LogP contribution >= 0.6 is 11.3 Å². The fourth-order valence-corrected chi connectivity index (χ4v) is 2.09. The van der Waals surface area contributed by atoms with Gasteiger partial charge in [0, 0.05) is 0 Å². The highest BCUT2D eigenvalue weighted by Gasteiger charge is 2.31. The zero-order chi connectivity index (χ0) is 14.9. The molecule has 0 fully saturated rings. The van der Waals surface area contributed by atoms with E-state index in [0.717, 1.165) is 11.3 Å². The number of anilines is 2. The molecule has 0 radical (unpaired) electrons. The van der Waals surface area contributed by atoms with Crippen LogP contribution in [-0.2, 0) is 6.18 Å². The molecule has 9 heteroatoms. The van der Waals surface area contributed by atoms with Gasteiger partial charge in [-0.05, 0) is 18.2 Å². The van der Waals surface area contributed by atoms with Crippen LogP contribution in [-0.4, -0.2) is 16.1 Å². The molecule has 2 N–H and O–H groups in total. The van der Waals surface area contributed by atoms with Crippen LogP contribution < -0.4 is 5.32 Å². The monoisotopic (exact) mass is 306 g/mol. The molecule has 0 aliphatic heterocycles. The van der Waals surface area contributed by atoms with Gasteiger partial charge in [0.1, 0.15) is 10.8 Å². The van der Waals surface area contributed by atoms with Crippen molar-refractivity contribution >= 4 is 28.0 Å².